The number of nitriles is 2. The number of benzene rings is 2. The van der Waals surface area contributed by atoms with Crippen LogP contribution in [0, 0.1) is 34.5 Å². The van der Waals surface area contributed by atoms with Crippen molar-refractivity contribution in [2.75, 3.05) is 26.4 Å². The van der Waals surface area contributed by atoms with E-state index in [4.69, 9.17) is 18.9 Å². The summed E-state index contributed by atoms with van der Waals surface area (Å²) >= 11 is 0. The van der Waals surface area contributed by atoms with Gasteiger partial charge in [-0.3, -0.25) is 9.59 Å². The Balaban J connectivity index is 1.60. The van der Waals surface area contributed by atoms with Crippen LogP contribution in [0.3, 0.4) is 0 Å². The van der Waals surface area contributed by atoms with E-state index in [1.165, 1.54) is 44.9 Å². The number of hydrogen-bond acceptors (Lipinski definition) is 8. The van der Waals surface area contributed by atoms with Crippen LogP contribution >= 0.6 is 0 Å². The zero-order chi connectivity index (χ0) is 37.4. The van der Waals surface area contributed by atoms with Gasteiger partial charge >= 0.3 is 0 Å². The molecule has 0 N–H and O–H groups in total. The topological polar surface area (TPSA) is 119 Å². The standard InChI is InChI=1S/C43H58N2O6/c1-7-48-40-28-34(26-36(30-44)42(46)32(3)4)20-22-38(40)50-24-18-16-14-12-10-9-11-13-15-17-19-25-51-39-23-21-35(29-41(39)49-8-2)27-37(31-45)43(47)33(5)6/h20-23,26-29,32-33H,7-19,24-25H2,1-6H3. The second-order valence-corrected chi connectivity index (χ2v) is 13.2. The Labute approximate surface area is 306 Å². The highest BCUT2D eigenvalue weighted by atomic mass is 16.5. The third-order valence-electron chi connectivity index (χ3n) is 8.28. The molecule has 0 heterocycles. The summed E-state index contributed by atoms with van der Waals surface area (Å²) in [7, 11) is 0. The van der Waals surface area contributed by atoms with Crippen molar-refractivity contribution in [1.82, 2.24) is 0 Å². The van der Waals surface area contributed by atoms with Gasteiger partial charge in [-0.25, -0.2) is 0 Å². The molecule has 0 aromatic heterocycles. The molecular formula is C43H58N2O6. The predicted octanol–water partition coefficient (Wildman–Crippen LogP) is 10.5. The van der Waals surface area contributed by atoms with E-state index in [-0.39, 0.29) is 34.5 Å². The van der Waals surface area contributed by atoms with Crippen LogP contribution < -0.4 is 18.9 Å². The van der Waals surface area contributed by atoms with Gasteiger partial charge < -0.3 is 18.9 Å². The molecule has 51 heavy (non-hydrogen) atoms. The van der Waals surface area contributed by atoms with Crippen molar-refractivity contribution in [3.8, 4) is 35.1 Å². The summed E-state index contributed by atoms with van der Waals surface area (Å²) in [4.78, 5) is 24.5. The normalized spacial score (nSPS) is 11.6. The Morgan fingerprint density at radius 1 is 0.549 bits per heavy atom. The van der Waals surface area contributed by atoms with Gasteiger partial charge in [-0.15, -0.1) is 0 Å². The second kappa shape index (κ2) is 24.6. The lowest BCUT2D eigenvalue weighted by atomic mass is 10.00. The van der Waals surface area contributed by atoms with E-state index in [9.17, 15) is 20.1 Å². The molecule has 2 rings (SSSR count). The Morgan fingerprint density at radius 3 is 1.18 bits per heavy atom. The van der Waals surface area contributed by atoms with Crippen LogP contribution in [0.4, 0.5) is 0 Å². The minimum Gasteiger partial charge on any atom is -0.490 e. The molecule has 0 saturated heterocycles. The fourth-order valence-corrected chi connectivity index (χ4v) is 5.44. The molecule has 2 aromatic rings. The Morgan fingerprint density at radius 2 is 0.882 bits per heavy atom. The fourth-order valence-electron chi connectivity index (χ4n) is 5.44. The monoisotopic (exact) mass is 698 g/mol. The van der Waals surface area contributed by atoms with E-state index < -0.39 is 0 Å². The predicted molar refractivity (Wildman–Crippen MR) is 204 cm³/mol. The first-order chi connectivity index (χ1) is 24.6. The lowest BCUT2D eigenvalue weighted by Gasteiger charge is -2.13. The first-order valence-corrected chi connectivity index (χ1v) is 18.8. The number of Topliss-reactive ketones (excluding diaryl/α,β-unsaturated/α-hetero) is 2. The van der Waals surface area contributed by atoms with Crippen molar-refractivity contribution in [3.63, 3.8) is 0 Å². The first-order valence-electron chi connectivity index (χ1n) is 18.8. The average Bonchev–Trinajstić information content (AvgIpc) is 3.12. The van der Waals surface area contributed by atoms with E-state index in [1.807, 2.05) is 62.4 Å². The molecule has 0 unspecified atom stereocenters. The van der Waals surface area contributed by atoms with E-state index >= 15 is 0 Å². The average molecular weight is 699 g/mol. The minimum atomic E-state index is -0.235. The van der Waals surface area contributed by atoms with Crippen molar-refractivity contribution >= 4 is 23.7 Å². The summed E-state index contributed by atoms with van der Waals surface area (Å²) in [5.41, 5.74) is 1.76. The highest BCUT2D eigenvalue weighted by Gasteiger charge is 2.15. The summed E-state index contributed by atoms with van der Waals surface area (Å²) in [6, 6.07) is 15.1. The molecule has 0 spiro atoms. The molecule has 0 aliphatic heterocycles. The third-order valence-corrected chi connectivity index (χ3v) is 8.28. The Kier molecular flexibility index (Phi) is 20.5. The van der Waals surface area contributed by atoms with Crippen LogP contribution in [0.1, 0.15) is 123 Å². The summed E-state index contributed by atoms with van der Waals surface area (Å²) in [6.07, 6.45) is 16.0. The molecule has 2 aromatic carbocycles. The summed E-state index contributed by atoms with van der Waals surface area (Å²) in [6.45, 7) is 13.2. The second-order valence-electron chi connectivity index (χ2n) is 13.2. The molecule has 0 amide bonds. The number of hydrogen-bond donors (Lipinski definition) is 0. The minimum absolute atomic E-state index is 0.142. The Bertz CT molecular complexity index is 1410. The van der Waals surface area contributed by atoms with Crippen molar-refractivity contribution in [3.05, 3.63) is 58.7 Å². The van der Waals surface area contributed by atoms with Gasteiger partial charge in [-0.2, -0.15) is 10.5 Å². The van der Waals surface area contributed by atoms with Gasteiger partial charge in [0.05, 0.1) is 37.6 Å². The van der Waals surface area contributed by atoms with Crippen LogP contribution in [0.25, 0.3) is 12.2 Å². The number of carbonyl (C=O) groups excluding carboxylic acids is 2. The molecule has 8 nitrogen and oxygen atoms in total. The maximum Gasteiger partial charge on any atom is 0.175 e. The molecular weight excluding hydrogens is 640 g/mol. The van der Waals surface area contributed by atoms with Crippen LogP contribution in [0.2, 0.25) is 0 Å². The molecule has 0 aliphatic rings. The SMILES string of the molecule is CCOc1cc(C=C(C#N)C(=O)C(C)C)ccc1OCCCCCCCCCCCCCOc1ccc(C=C(C#N)C(=O)C(C)C)cc1OCC. The maximum absolute atomic E-state index is 12.3. The van der Waals surface area contributed by atoms with Crippen LogP contribution in [0.5, 0.6) is 23.0 Å². The van der Waals surface area contributed by atoms with Crippen LogP contribution in [0.15, 0.2) is 47.5 Å². The summed E-state index contributed by atoms with van der Waals surface area (Å²) in [5.74, 6) is 1.79. The number of allylic oxidation sites excluding steroid dienone is 2. The maximum atomic E-state index is 12.3. The Hall–Kier alpha value is -4.56. The largest absolute Gasteiger partial charge is 0.490 e. The lowest BCUT2D eigenvalue weighted by Crippen LogP contribution is -2.08. The smallest absolute Gasteiger partial charge is 0.175 e. The van der Waals surface area contributed by atoms with Crippen LogP contribution in [-0.2, 0) is 9.59 Å². The molecule has 8 heteroatoms. The highest BCUT2D eigenvalue weighted by molar-refractivity contribution is 6.04. The summed E-state index contributed by atoms with van der Waals surface area (Å²) in [5, 5.41) is 18.8. The van der Waals surface area contributed by atoms with Gasteiger partial charge in [0.1, 0.15) is 12.1 Å². The first kappa shape index (κ1) is 42.6. The summed E-state index contributed by atoms with van der Waals surface area (Å²) < 4.78 is 23.6. The number of carbonyl (C=O) groups is 2. The number of nitrogens with zero attached hydrogens (tertiary/aromatic N) is 2. The number of unbranched alkanes of at least 4 members (excludes halogenated alkanes) is 10. The molecule has 0 radical (unpaired) electrons. The van der Waals surface area contributed by atoms with Crippen molar-refractivity contribution in [2.45, 2.75) is 112 Å². The van der Waals surface area contributed by atoms with Gasteiger partial charge in [0.15, 0.2) is 34.6 Å². The van der Waals surface area contributed by atoms with E-state index in [2.05, 4.69) is 0 Å². The van der Waals surface area contributed by atoms with Gasteiger partial charge in [0, 0.05) is 11.8 Å². The lowest BCUT2D eigenvalue weighted by molar-refractivity contribution is -0.118. The van der Waals surface area contributed by atoms with E-state index in [1.54, 1.807) is 39.8 Å². The van der Waals surface area contributed by atoms with E-state index in [0.29, 0.717) is 49.4 Å². The van der Waals surface area contributed by atoms with Gasteiger partial charge in [0.2, 0.25) is 0 Å². The molecule has 0 saturated carbocycles. The van der Waals surface area contributed by atoms with Crippen LogP contribution in [-0.4, -0.2) is 38.0 Å². The quantitative estimate of drug-likeness (QED) is 0.0541. The van der Waals surface area contributed by atoms with E-state index in [0.717, 1.165) is 36.8 Å². The number of ketones is 2. The van der Waals surface area contributed by atoms with Crippen molar-refractivity contribution in [2.24, 2.45) is 11.8 Å². The third kappa shape index (κ3) is 15.9. The van der Waals surface area contributed by atoms with Gasteiger partial charge in [0.25, 0.3) is 0 Å². The fraction of sp³-hybridized carbons (Fsp3) is 0.535. The molecule has 0 atom stereocenters. The number of ether oxygens (including phenoxy) is 4. The molecule has 0 fully saturated rings. The zero-order valence-electron chi connectivity index (χ0n) is 31.7. The number of rotatable bonds is 26. The highest BCUT2D eigenvalue weighted by Crippen LogP contribution is 2.31. The molecule has 276 valence electrons. The van der Waals surface area contributed by atoms with Gasteiger partial charge in [-0.05, 0) is 74.2 Å². The van der Waals surface area contributed by atoms with Gasteiger partial charge in [-0.1, -0.05) is 97.6 Å². The van der Waals surface area contributed by atoms with Crippen molar-refractivity contribution in [1.29, 1.82) is 10.5 Å². The van der Waals surface area contributed by atoms with Crippen molar-refractivity contribution < 1.29 is 28.5 Å². The zero-order valence-corrected chi connectivity index (χ0v) is 31.7. The molecule has 0 aliphatic carbocycles. The molecule has 0 bridgehead atoms.